The van der Waals surface area contributed by atoms with Gasteiger partial charge in [0.1, 0.15) is 11.5 Å². The molecular weight excluding hydrogens is 396 g/mol. The summed E-state index contributed by atoms with van der Waals surface area (Å²) in [6, 6.07) is 15.4. The maximum absolute atomic E-state index is 12.0. The van der Waals surface area contributed by atoms with E-state index in [0.29, 0.717) is 11.5 Å². The van der Waals surface area contributed by atoms with Gasteiger partial charge in [0.15, 0.2) is 0 Å². The largest absolute Gasteiger partial charge is 0.305 e. The lowest BCUT2D eigenvalue weighted by molar-refractivity contribution is -0.115. The number of carbonyl (C=O) groups excluding carboxylic acids is 1. The van der Waals surface area contributed by atoms with Crippen molar-refractivity contribution in [2.75, 3.05) is 0 Å². The van der Waals surface area contributed by atoms with Crippen LogP contribution in [0.5, 0.6) is 0 Å². The Balaban J connectivity index is 1.91. The minimum absolute atomic E-state index is 0.184. The summed E-state index contributed by atoms with van der Waals surface area (Å²) in [5, 5.41) is 2.79. The first-order valence-corrected chi connectivity index (χ1v) is 7.84. The van der Waals surface area contributed by atoms with E-state index < -0.39 is 0 Å². The van der Waals surface area contributed by atoms with Crippen LogP contribution >= 0.6 is 31.9 Å². The first kappa shape index (κ1) is 14.2. The van der Waals surface area contributed by atoms with Crippen LogP contribution in [0.2, 0.25) is 0 Å². The highest BCUT2D eigenvalue weighted by Crippen LogP contribution is 2.18. The van der Waals surface area contributed by atoms with Crippen LogP contribution < -0.4 is 5.32 Å². The van der Waals surface area contributed by atoms with Gasteiger partial charge in [-0.15, -0.1) is 0 Å². The fourth-order valence-corrected chi connectivity index (χ4v) is 2.46. The Morgan fingerprint density at radius 1 is 0.905 bits per heavy atom. The Kier molecular flexibility index (Phi) is 4.03. The Hall–Kier alpha value is -1.72. The second-order valence-corrected chi connectivity index (χ2v) is 6.33. The maximum atomic E-state index is 12.0. The summed E-state index contributed by atoms with van der Waals surface area (Å²) >= 11 is 6.77. The van der Waals surface area contributed by atoms with Gasteiger partial charge < -0.3 is 5.32 Å². The zero-order chi connectivity index (χ0) is 14.8. The molecule has 104 valence electrons. The van der Waals surface area contributed by atoms with Crippen molar-refractivity contribution < 1.29 is 4.79 Å². The van der Waals surface area contributed by atoms with Crippen molar-refractivity contribution in [3.05, 3.63) is 74.3 Å². The van der Waals surface area contributed by atoms with Crippen molar-refractivity contribution in [1.82, 2.24) is 5.32 Å². The number of amides is 1. The molecule has 0 saturated heterocycles. The molecule has 2 aromatic carbocycles. The highest BCUT2D eigenvalue weighted by molar-refractivity contribution is 9.10. The first-order valence-electron chi connectivity index (χ1n) is 6.25. The van der Waals surface area contributed by atoms with Crippen molar-refractivity contribution in [1.29, 1.82) is 0 Å². The van der Waals surface area contributed by atoms with E-state index in [1.807, 2.05) is 48.5 Å². The predicted molar refractivity (Wildman–Crippen MR) is 90.9 cm³/mol. The standard InChI is InChI=1S/C16H10Br2N2O/c17-12-5-1-10(2-6-12)9-14-16(21)20-15(19-14)11-3-7-13(18)8-4-11/h1-9H,(H,19,20,21). The second-order valence-electron chi connectivity index (χ2n) is 4.50. The van der Waals surface area contributed by atoms with Crippen LogP contribution in [0.1, 0.15) is 11.1 Å². The number of benzene rings is 2. The Morgan fingerprint density at radius 3 is 2.10 bits per heavy atom. The third kappa shape index (κ3) is 3.31. The number of nitrogens with one attached hydrogen (secondary N) is 1. The monoisotopic (exact) mass is 404 g/mol. The van der Waals surface area contributed by atoms with Gasteiger partial charge in [0, 0.05) is 14.5 Å². The summed E-state index contributed by atoms with van der Waals surface area (Å²) in [6.45, 7) is 0. The fourth-order valence-electron chi connectivity index (χ4n) is 1.93. The second kappa shape index (κ2) is 5.95. The van der Waals surface area contributed by atoms with Crippen LogP contribution in [-0.4, -0.2) is 11.7 Å². The summed E-state index contributed by atoms with van der Waals surface area (Å²) < 4.78 is 1.99. The first-order chi connectivity index (χ1) is 10.1. The number of aliphatic imine (C=N–C) groups is 1. The molecule has 2 aromatic rings. The van der Waals surface area contributed by atoms with Gasteiger partial charge in [-0.05, 0) is 35.9 Å². The van der Waals surface area contributed by atoms with Crippen molar-refractivity contribution in [3.63, 3.8) is 0 Å². The minimum Gasteiger partial charge on any atom is -0.305 e. The Labute approximate surface area is 139 Å². The SMILES string of the molecule is O=C1NC(c2ccc(Br)cc2)=NC1=Cc1ccc(Br)cc1. The van der Waals surface area contributed by atoms with E-state index in [0.717, 1.165) is 20.1 Å². The molecule has 3 nitrogen and oxygen atoms in total. The molecule has 0 aliphatic carbocycles. The third-order valence-electron chi connectivity index (χ3n) is 2.99. The summed E-state index contributed by atoms with van der Waals surface area (Å²) in [4.78, 5) is 16.4. The Morgan fingerprint density at radius 2 is 1.48 bits per heavy atom. The maximum Gasteiger partial charge on any atom is 0.275 e. The smallest absolute Gasteiger partial charge is 0.275 e. The summed E-state index contributed by atoms with van der Waals surface area (Å²) in [6.07, 6.45) is 1.77. The van der Waals surface area contributed by atoms with Crippen LogP contribution in [0.4, 0.5) is 0 Å². The van der Waals surface area contributed by atoms with Crippen molar-refractivity contribution in [3.8, 4) is 0 Å². The number of carbonyl (C=O) groups is 1. The van der Waals surface area contributed by atoms with Crippen molar-refractivity contribution in [2.24, 2.45) is 4.99 Å². The lowest BCUT2D eigenvalue weighted by Crippen LogP contribution is -2.24. The van der Waals surface area contributed by atoms with E-state index in [1.165, 1.54) is 0 Å². The quantitative estimate of drug-likeness (QED) is 0.750. The van der Waals surface area contributed by atoms with Crippen LogP contribution in [0.15, 0.2) is 68.2 Å². The lowest BCUT2D eigenvalue weighted by Gasteiger charge is -1.99. The van der Waals surface area contributed by atoms with E-state index in [9.17, 15) is 4.79 Å². The van der Waals surface area contributed by atoms with Gasteiger partial charge in [0.2, 0.25) is 0 Å². The topological polar surface area (TPSA) is 41.5 Å². The van der Waals surface area contributed by atoms with Crippen molar-refractivity contribution in [2.45, 2.75) is 0 Å². The molecule has 0 fully saturated rings. The van der Waals surface area contributed by atoms with Gasteiger partial charge in [-0.3, -0.25) is 4.79 Å². The molecule has 0 saturated carbocycles. The highest BCUT2D eigenvalue weighted by Gasteiger charge is 2.20. The average molecular weight is 406 g/mol. The molecule has 0 bridgehead atoms. The van der Waals surface area contributed by atoms with Gasteiger partial charge in [0.05, 0.1) is 0 Å². The fraction of sp³-hybridized carbons (Fsp3) is 0. The molecule has 1 amide bonds. The lowest BCUT2D eigenvalue weighted by atomic mass is 10.2. The number of amidine groups is 1. The molecule has 0 atom stereocenters. The molecule has 0 radical (unpaired) electrons. The zero-order valence-corrected chi connectivity index (χ0v) is 14.0. The van der Waals surface area contributed by atoms with Gasteiger partial charge in [0.25, 0.3) is 5.91 Å². The number of halogens is 2. The molecule has 0 unspecified atom stereocenters. The molecule has 5 heteroatoms. The third-order valence-corrected chi connectivity index (χ3v) is 4.05. The average Bonchev–Trinajstić information content (AvgIpc) is 2.83. The summed E-state index contributed by atoms with van der Waals surface area (Å²) in [5.41, 5.74) is 2.23. The number of hydrogen-bond donors (Lipinski definition) is 1. The Bertz CT molecular complexity index is 747. The number of hydrogen-bond acceptors (Lipinski definition) is 2. The van der Waals surface area contributed by atoms with E-state index in [2.05, 4.69) is 42.2 Å². The molecule has 1 heterocycles. The van der Waals surface area contributed by atoms with Crippen LogP contribution in [-0.2, 0) is 4.79 Å². The molecular formula is C16H10Br2N2O. The van der Waals surface area contributed by atoms with E-state index in [4.69, 9.17) is 0 Å². The van der Waals surface area contributed by atoms with Gasteiger partial charge in [-0.25, -0.2) is 4.99 Å². The number of rotatable bonds is 2. The summed E-state index contributed by atoms with van der Waals surface area (Å²) in [7, 11) is 0. The minimum atomic E-state index is -0.184. The molecule has 1 N–H and O–H groups in total. The van der Waals surface area contributed by atoms with Crippen molar-refractivity contribution >= 4 is 49.7 Å². The van der Waals surface area contributed by atoms with E-state index in [-0.39, 0.29) is 5.91 Å². The van der Waals surface area contributed by atoms with Gasteiger partial charge in [-0.2, -0.15) is 0 Å². The van der Waals surface area contributed by atoms with Crippen LogP contribution in [0.3, 0.4) is 0 Å². The molecule has 0 aromatic heterocycles. The van der Waals surface area contributed by atoms with Crippen LogP contribution in [0.25, 0.3) is 6.08 Å². The predicted octanol–water partition coefficient (Wildman–Crippen LogP) is 4.13. The molecule has 0 spiro atoms. The van der Waals surface area contributed by atoms with Crippen LogP contribution in [0, 0.1) is 0 Å². The molecule has 1 aliphatic rings. The number of nitrogens with zero attached hydrogens (tertiary/aromatic N) is 1. The zero-order valence-electron chi connectivity index (χ0n) is 10.8. The van der Waals surface area contributed by atoms with E-state index in [1.54, 1.807) is 6.08 Å². The molecule has 1 aliphatic heterocycles. The normalized spacial score (nSPS) is 16.0. The van der Waals surface area contributed by atoms with Gasteiger partial charge >= 0.3 is 0 Å². The van der Waals surface area contributed by atoms with E-state index >= 15 is 0 Å². The van der Waals surface area contributed by atoms with Gasteiger partial charge in [-0.1, -0.05) is 56.1 Å². The molecule has 21 heavy (non-hydrogen) atoms. The summed E-state index contributed by atoms with van der Waals surface area (Å²) in [5.74, 6) is 0.395. The highest BCUT2D eigenvalue weighted by atomic mass is 79.9. The molecule has 3 rings (SSSR count).